The maximum absolute atomic E-state index is 12.6. The van der Waals surface area contributed by atoms with Crippen molar-refractivity contribution < 1.29 is 19.1 Å². The number of ether oxygens (including phenoxy) is 2. The fraction of sp³-hybridized carbons (Fsp3) is 0.300. The molecule has 2 atom stereocenters. The lowest BCUT2D eigenvalue weighted by atomic mass is 10.1. The highest BCUT2D eigenvalue weighted by Gasteiger charge is 2.34. The predicted molar refractivity (Wildman–Crippen MR) is 96.5 cm³/mol. The molecule has 0 bridgehead atoms. The lowest BCUT2D eigenvalue weighted by Gasteiger charge is -2.31. The zero-order chi connectivity index (χ0) is 18.1. The van der Waals surface area contributed by atoms with Crippen LogP contribution in [0.1, 0.15) is 30.1 Å². The van der Waals surface area contributed by atoms with E-state index in [4.69, 9.17) is 9.47 Å². The van der Waals surface area contributed by atoms with Crippen LogP contribution in [0.15, 0.2) is 48.5 Å². The van der Waals surface area contributed by atoms with Crippen LogP contribution in [0.3, 0.4) is 0 Å². The molecule has 0 spiro atoms. The molecule has 0 saturated heterocycles. The zero-order valence-electron chi connectivity index (χ0n) is 14.4. The van der Waals surface area contributed by atoms with Gasteiger partial charge in [-0.25, -0.2) is 0 Å². The van der Waals surface area contributed by atoms with Crippen molar-refractivity contribution in [3.05, 3.63) is 54.1 Å². The van der Waals surface area contributed by atoms with Crippen molar-refractivity contribution in [2.45, 2.75) is 38.0 Å². The van der Waals surface area contributed by atoms with E-state index in [2.05, 4.69) is 10.6 Å². The highest BCUT2D eigenvalue weighted by Crippen LogP contribution is 2.33. The molecule has 2 amide bonds. The minimum atomic E-state index is -0.747. The van der Waals surface area contributed by atoms with Gasteiger partial charge in [-0.05, 0) is 56.2 Å². The van der Waals surface area contributed by atoms with Gasteiger partial charge in [-0.15, -0.1) is 0 Å². The average Bonchev–Trinajstić information content (AvgIpc) is 3.45. The summed E-state index contributed by atoms with van der Waals surface area (Å²) in [7, 11) is 0. The molecule has 4 rings (SSSR count). The Labute approximate surface area is 151 Å². The number of rotatable bonds is 4. The smallest absolute Gasteiger partial charge is 0.269 e. The van der Waals surface area contributed by atoms with Crippen molar-refractivity contribution in [2.75, 3.05) is 5.32 Å². The summed E-state index contributed by atoms with van der Waals surface area (Å²) < 4.78 is 11.5. The van der Waals surface area contributed by atoms with Gasteiger partial charge in [0.25, 0.3) is 11.8 Å². The number of carbonyl (C=O) groups is 2. The average molecular weight is 352 g/mol. The number of fused-ring (bicyclic) bond motifs is 1. The summed E-state index contributed by atoms with van der Waals surface area (Å²) in [5, 5.41) is 5.75. The van der Waals surface area contributed by atoms with E-state index in [0.717, 1.165) is 12.8 Å². The maximum atomic E-state index is 12.6. The Morgan fingerprint density at radius 3 is 2.27 bits per heavy atom. The van der Waals surface area contributed by atoms with E-state index < -0.39 is 12.2 Å². The first-order valence-electron chi connectivity index (χ1n) is 8.74. The summed E-state index contributed by atoms with van der Waals surface area (Å²) in [6.45, 7) is 1.80. The topological polar surface area (TPSA) is 76.7 Å². The number of benzene rings is 2. The number of amides is 2. The number of anilines is 1. The van der Waals surface area contributed by atoms with Crippen LogP contribution in [0.5, 0.6) is 11.5 Å². The van der Waals surface area contributed by atoms with Gasteiger partial charge in [-0.1, -0.05) is 12.1 Å². The van der Waals surface area contributed by atoms with E-state index in [1.165, 1.54) is 0 Å². The Morgan fingerprint density at radius 1 is 0.962 bits per heavy atom. The minimum absolute atomic E-state index is 0.0837. The predicted octanol–water partition coefficient (Wildman–Crippen LogP) is 2.75. The van der Waals surface area contributed by atoms with Gasteiger partial charge in [0.05, 0.1) is 0 Å². The van der Waals surface area contributed by atoms with Crippen LogP contribution in [0.25, 0.3) is 0 Å². The molecular formula is C20H20N2O4. The van der Waals surface area contributed by atoms with E-state index in [1.54, 1.807) is 37.3 Å². The Morgan fingerprint density at radius 2 is 1.62 bits per heavy atom. The molecule has 2 aliphatic rings. The van der Waals surface area contributed by atoms with Crippen LogP contribution >= 0.6 is 0 Å². The van der Waals surface area contributed by atoms with Crippen molar-refractivity contribution in [3.63, 3.8) is 0 Å². The van der Waals surface area contributed by atoms with E-state index in [-0.39, 0.29) is 11.8 Å². The van der Waals surface area contributed by atoms with Crippen LogP contribution in [-0.2, 0) is 4.79 Å². The van der Waals surface area contributed by atoms with Gasteiger partial charge in [0, 0.05) is 17.3 Å². The summed E-state index contributed by atoms with van der Waals surface area (Å²) in [6, 6.07) is 14.4. The number of hydrogen-bond acceptors (Lipinski definition) is 4. The SMILES string of the molecule is CC1Oc2ccccc2OC1C(=O)Nc1ccc(C(=O)NC2CC2)cc1. The first-order chi connectivity index (χ1) is 12.6. The second-order valence-electron chi connectivity index (χ2n) is 6.62. The zero-order valence-corrected chi connectivity index (χ0v) is 14.4. The van der Waals surface area contributed by atoms with E-state index in [1.807, 2.05) is 18.2 Å². The lowest BCUT2D eigenvalue weighted by Crippen LogP contribution is -2.46. The first-order valence-corrected chi connectivity index (χ1v) is 8.74. The highest BCUT2D eigenvalue weighted by atomic mass is 16.6. The molecular weight excluding hydrogens is 332 g/mol. The first kappa shape index (κ1) is 16.4. The van der Waals surface area contributed by atoms with Crippen molar-refractivity contribution in [3.8, 4) is 11.5 Å². The van der Waals surface area contributed by atoms with Crippen LogP contribution in [-0.4, -0.2) is 30.1 Å². The van der Waals surface area contributed by atoms with Crippen LogP contribution in [0.2, 0.25) is 0 Å². The molecule has 1 saturated carbocycles. The molecule has 2 N–H and O–H groups in total. The van der Waals surface area contributed by atoms with Gasteiger partial charge in [0.2, 0.25) is 6.10 Å². The number of para-hydroxylation sites is 2. The molecule has 1 aliphatic carbocycles. The summed E-state index contributed by atoms with van der Waals surface area (Å²) in [4.78, 5) is 24.6. The summed E-state index contributed by atoms with van der Waals surface area (Å²) >= 11 is 0. The van der Waals surface area contributed by atoms with Gasteiger partial charge in [0.15, 0.2) is 11.5 Å². The highest BCUT2D eigenvalue weighted by molar-refractivity contribution is 5.97. The molecule has 1 fully saturated rings. The van der Waals surface area contributed by atoms with Crippen molar-refractivity contribution >= 4 is 17.5 Å². The maximum Gasteiger partial charge on any atom is 0.269 e. The molecule has 26 heavy (non-hydrogen) atoms. The van der Waals surface area contributed by atoms with Gasteiger partial charge in [-0.2, -0.15) is 0 Å². The number of carbonyl (C=O) groups excluding carboxylic acids is 2. The van der Waals surface area contributed by atoms with Crippen LogP contribution < -0.4 is 20.1 Å². The standard InChI is InChI=1S/C20H20N2O4/c1-12-18(26-17-5-3-2-4-16(17)25-12)20(24)22-14-8-6-13(7-9-14)19(23)21-15-10-11-15/h2-9,12,15,18H,10-11H2,1H3,(H,21,23)(H,22,24). The van der Waals surface area contributed by atoms with Gasteiger partial charge >= 0.3 is 0 Å². The second kappa shape index (κ2) is 6.71. The van der Waals surface area contributed by atoms with E-state index >= 15 is 0 Å². The third-order valence-electron chi connectivity index (χ3n) is 4.43. The number of hydrogen-bond donors (Lipinski definition) is 2. The monoisotopic (exact) mass is 352 g/mol. The van der Waals surface area contributed by atoms with Crippen LogP contribution in [0, 0.1) is 0 Å². The van der Waals surface area contributed by atoms with Crippen molar-refractivity contribution in [2.24, 2.45) is 0 Å². The number of nitrogens with one attached hydrogen (secondary N) is 2. The van der Waals surface area contributed by atoms with Gasteiger partial charge < -0.3 is 20.1 Å². The van der Waals surface area contributed by atoms with Crippen LogP contribution in [0.4, 0.5) is 5.69 Å². The Hall–Kier alpha value is -3.02. The molecule has 1 heterocycles. The van der Waals surface area contributed by atoms with Crippen molar-refractivity contribution in [1.82, 2.24) is 5.32 Å². The lowest BCUT2D eigenvalue weighted by molar-refractivity contribution is -0.128. The molecule has 2 unspecified atom stereocenters. The fourth-order valence-electron chi connectivity index (χ4n) is 2.82. The Balaban J connectivity index is 1.40. The Bertz CT molecular complexity index is 830. The molecule has 1 aliphatic heterocycles. The van der Waals surface area contributed by atoms with E-state index in [0.29, 0.717) is 28.8 Å². The molecule has 0 aromatic heterocycles. The third kappa shape index (κ3) is 3.49. The molecule has 2 aromatic rings. The van der Waals surface area contributed by atoms with Gasteiger partial charge in [-0.3, -0.25) is 9.59 Å². The van der Waals surface area contributed by atoms with E-state index in [9.17, 15) is 9.59 Å². The van der Waals surface area contributed by atoms with Crippen molar-refractivity contribution in [1.29, 1.82) is 0 Å². The molecule has 0 radical (unpaired) electrons. The molecule has 6 nitrogen and oxygen atoms in total. The molecule has 134 valence electrons. The largest absolute Gasteiger partial charge is 0.482 e. The minimum Gasteiger partial charge on any atom is -0.482 e. The summed E-state index contributed by atoms with van der Waals surface area (Å²) in [5.41, 5.74) is 1.18. The molecule has 2 aromatic carbocycles. The third-order valence-corrected chi connectivity index (χ3v) is 4.43. The quantitative estimate of drug-likeness (QED) is 0.887. The normalized spacial score (nSPS) is 21.0. The van der Waals surface area contributed by atoms with Gasteiger partial charge in [0.1, 0.15) is 6.10 Å². The Kier molecular flexibility index (Phi) is 4.24. The summed E-state index contributed by atoms with van der Waals surface area (Å²) in [5.74, 6) is 0.815. The summed E-state index contributed by atoms with van der Waals surface area (Å²) in [6.07, 6.45) is 0.936. The molecule has 6 heteroatoms. The second-order valence-corrected chi connectivity index (χ2v) is 6.62. The fourth-order valence-corrected chi connectivity index (χ4v) is 2.82.